The number of carbonyl (C=O) groups excluding carboxylic acids is 1. The number of hydrogen-bond donors (Lipinski definition) is 2. The number of amidine groups is 1. The van der Waals surface area contributed by atoms with Crippen LogP contribution in [0.1, 0.15) is 10.4 Å². The van der Waals surface area contributed by atoms with Crippen LogP contribution in [0.25, 0.3) is 0 Å². The summed E-state index contributed by atoms with van der Waals surface area (Å²) in [5.41, 5.74) is 6.11. The lowest BCUT2D eigenvalue weighted by molar-refractivity contribution is 0.00676. The molecule has 6 nitrogen and oxygen atoms in total. The maximum atomic E-state index is 12.2. The molecule has 18 heavy (non-hydrogen) atoms. The lowest BCUT2D eigenvalue weighted by Gasteiger charge is -2.32. The summed E-state index contributed by atoms with van der Waals surface area (Å²) < 4.78 is 5.34. The second kappa shape index (κ2) is 5.50. The Balaban J connectivity index is 2.08. The van der Waals surface area contributed by atoms with Gasteiger partial charge in [-0.1, -0.05) is 23.4 Å². The molecule has 0 spiro atoms. The highest BCUT2D eigenvalue weighted by atomic mass is 16.5. The Kier molecular flexibility index (Phi) is 3.78. The Morgan fingerprint density at radius 2 is 2.17 bits per heavy atom. The average molecular weight is 249 g/mol. The molecule has 0 aliphatic carbocycles. The van der Waals surface area contributed by atoms with Crippen molar-refractivity contribution in [1.82, 2.24) is 4.90 Å². The number of nitrogens with two attached hydrogens (primary N) is 1. The zero-order chi connectivity index (χ0) is 13.0. The molecule has 1 heterocycles. The summed E-state index contributed by atoms with van der Waals surface area (Å²) in [6.07, 6.45) is -0.545. The van der Waals surface area contributed by atoms with Gasteiger partial charge in [0.1, 0.15) is 6.10 Å². The van der Waals surface area contributed by atoms with Gasteiger partial charge in [-0.3, -0.25) is 4.79 Å². The summed E-state index contributed by atoms with van der Waals surface area (Å²) in [6.45, 7) is 1.17. The van der Waals surface area contributed by atoms with Gasteiger partial charge < -0.3 is 20.6 Å². The van der Waals surface area contributed by atoms with Crippen LogP contribution in [0.3, 0.4) is 0 Å². The van der Waals surface area contributed by atoms with Crippen LogP contribution in [-0.4, -0.2) is 47.7 Å². The highest BCUT2D eigenvalue weighted by Gasteiger charge is 2.27. The zero-order valence-electron chi connectivity index (χ0n) is 9.82. The number of benzene rings is 1. The van der Waals surface area contributed by atoms with Crippen molar-refractivity contribution >= 4 is 11.7 Å². The van der Waals surface area contributed by atoms with E-state index in [9.17, 15) is 4.79 Å². The molecule has 0 saturated carbocycles. The fourth-order valence-electron chi connectivity index (χ4n) is 1.84. The third kappa shape index (κ3) is 2.60. The molecule has 6 heteroatoms. The Morgan fingerprint density at radius 1 is 1.44 bits per heavy atom. The number of hydrogen-bond acceptors (Lipinski definition) is 4. The number of carbonyl (C=O) groups is 1. The van der Waals surface area contributed by atoms with E-state index in [1.54, 1.807) is 17.0 Å². The van der Waals surface area contributed by atoms with Crippen molar-refractivity contribution in [3.63, 3.8) is 0 Å². The Hall–Kier alpha value is -2.08. The standard InChI is InChI=1S/C12H15N3O3/c13-11(14-17)10-8-15(6-7-18-10)12(16)9-4-2-1-3-5-9/h1-5,10,17H,6-8H2,(H2,13,14). The van der Waals surface area contributed by atoms with Gasteiger partial charge in [0.2, 0.25) is 0 Å². The van der Waals surface area contributed by atoms with Crippen LogP contribution < -0.4 is 5.73 Å². The Morgan fingerprint density at radius 3 is 2.83 bits per heavy atom. The molecule has 1 aliphatic heterocycles. The second-order valence-corrected chi connectivity index (χ2v) is 4.00. The van der Waals surface area contributed by atoms with Crippen LogP contribution in [-0.2, 0) is 4.74 Å². The number of nitrogens with zero attached hydrogens (tertiary/aromatic N) is 2. The minimum absolute atomic E-state index is 0.0134. The molecule has 2 rings (SSSR count). The summed E-state index contributed by atoms with van der Waals surface area (Å²) in [5.74, 6) is -0.0878. The van der Waals surface area contributed by atoms with Crippen LogP contribution in [0.4, 0.5) is 0 Å². The highest BCUT2D eigenvalue weighted by Crippen LogP contribution is 2.10. The summed E-state index contributed by atoms with van der Waals surface area (Å²) >= 11 is 0. The van der Waals surface area contributed by atoms with E-state index >= 15 is 0 Å². The SMILES string of the molecule is N/C(=N\O)C1CN(C(=O)c2ccccc2)CCO1. The fourth-order valence-corrected chi connectivity index (χ4v) is 1.84. The number of oxime groups is 1. The monoisotopic (exact) mass is 249 g/mol. The third-order valence-electron chi connectivity index (χ3n) is 2.82. The summed E-state index contributed by atoms with van der Waals surface area (Å²) in [4.78, 5) is 13.8. The molecule has 3 N–H and O–H groups in total. The van der Waals surface area contributed by atoms with Crippen LogP contribution in [0.5, 0.6) is 0 Å². The lowest BCUT2D eigenvalue weighted by Crippen LogP contribution is -2.50. The van der Waals surface area contributed by atoms with Crippen molar-refractivity contribution in [2.45, 2.75) is 6.10 Å². The topological polar surface area (TPSA) is 88.2 Å². The first-order valence-electron chi connectivity index (χ1n) is 5.65. The predicted octanol–water partition coefficient (Wildman–Crippen LogP) is 0.274. The van der Waals surface area contributed by atoms with Gasteiger partial charge in [-0.05, 0) is 12.1 Å². The number of morpholine rings is 1. The van der Waals surface area contributed by atoms with Crippen LogP contribution in [0.15, 0.2) is 35.5 Å². The van der Waals surface area contributed by atoms with Gasteiger partial charge in [-0.25, -0.2) is 0 Å². The van der Waals surface area contributed by atoms with Crippen molar-refractivity contribution < 1.29 is 14.7 Å². The summed E-state index contributed by atoms with van der Waals surface area (Å²) in [6, 6.07) is 9.01. The summed E-state index contributed by atoms with van der Waals surface area (Å²) in [7, 11) is 0. The van der Waals surface area contributed by atoms with E-state index in [2.05, 4.69) is 5.16 Å². The molecule has 0 aromatic heterocycles. The molecule has 1 atom stereocenters. The molecular formula is C12H15N3O3. The van der Waals surface area contributed by atoms with Crippen molar-refractivity contribution in [2.75, 3.05) is 19.7 Å². The minimum atomic E-state index is -0.545. The minimum Gasteiger partial charge on any atom is -0.409 e. The Labute approximate surface area is 105 Å². The van der Waals surface area contributed by atoms with E-state index in [1.807, 2.05) is 18.2 Å². The fraction of sp³-hybridized carbons (Fsp3) is 0.333. The van der Waals surface area contributed by atoms with Crippen molar-refractivity contribution in [3.05, 3.63) is 35.9 Å². The highest BCUT2D eigenvalue weighted by molar-refractivity contribution is 5.95. The summed E-state index contributed by atoms with van der Waals surface area (Å²) in [5, 5.41) is 11.5. The largest absolute Gasteiger partial charge is 0.409 e. The van der Waals surface area contributed by atoms with Crippen molar-refractivity contribution in [1.29, 1.82) is 0 Å². The molecule has 96 valence electrons. The van der Waals surface area contributed by atoms with Crippen molar-refractivity contribution in [3.8, 4) is 0 Å². The van der Waals surface area contributed by atoms with Gasteiger partial charge in [0.25, 0.3) is 5.91 Å². The molecule has 1 aromatic carbocycles. The Bertz CT molecular complexity index is 447. The van der Waals surface area contributed by atoms with Gasteiger partial charge in [-0.15, -0.1) is 0 Å². The van der Waals surface area contributed by atoms with E-state index in [1.165, 1.54) is 0 Å². The number of rotatable bonds is 2. The smallest absolute Gasteiger partial charge is 0.254 e. The van der Waals surface area contributed by atoms with E-state index in [4.69, 9.17) is 15.7 Å². The van der Waals surface area contributed by atoms with E-state index in [0.717, 1.165) is 0 Å². The molecule has 1 aliphatic rings. The molecule has 1 fully saturated rings. The molecule has 1 saturated heterocycles. The van der Waals surface area contributed by atoms with Crippen molar-refractivity contribution in [2.24, 2.45) is 10.9 Å². The van der Waals surface area contributed by atoms with Crippen LogP contribution >= 0.6 is 0 Å². The number of ether oxygens (including phenoxy) is 1. The molecular weight excluding hydrogens is 234 g/mol. The first-order chi connectivity index (χ1) is 8.72. The van der Waals surface area contributed by atoms with Gasteiger partial charge in [0.05, 0.1) is 13.2 Å². The zero-order valence-corrected chi connectivity index (χ0v) is 9.82. The third-order valence-corrected chi connectivity index (χ3v) is 2.82. The molecule has 1 aromatic rings. The quantitative estimate of drug-likeness (QED) is 0.341. The van der Waals surface area contributed by atoms with E-state index < -0.39 is 6.10 Å². The maximum Gasteiger partial charge on any atom is 0.254 e. The lowest BCUT2D eigenvalue weighted by atomic mass is 10.1. The van der Waals surface area contributed by atoms with Gasteiger partial charge in [0.15, 0.2) is 5.84 Å². The van der Waals surface area contributed by atoms with Crippen LogP contribution in [0, 0.1) is 0 Å². The van der Waals surface area contributed by atoms with Crippen LogP contribution in [0.2, 0.25) is 0 Å². The van der Waals surface area contributed by atoms with Gasteiger partial charge in [-0.2, -0.15) is 0 Å². The first-order valence-corrected chi connectivity index (χ1v) is 5.65. The number of amides is 1. The molecule has 1 amide bonds. The van der Waals surface area contributed by atoms with Gasteiger partial charge in [0, 0.05) is 12.1 Å². The second-order valence-electron chi connectivity index (χ2n) is 4.00. The molecule has 1 unspecified atom stereocenters. The van der Waals surface area contributed by atoms with E-state index in [-0.39, 0.29) is 11.7 Å². The predicted molar refractivity (Wildman–Crippen MR) is 65.5 cm³/mol. The van der Waals surface area contributed by atoms with Gasteiger partial charge >= 0.3 is 0 Å². The average Bonchev–Trinajstić information content (AvgIpc) is 2.46. The molecule has 0 bridgehead atoms. The molecule has 0 radical (unpaired) electrons. The first kappa shape index (κ1) is 12.4. The maximum absolute atomic E-state index is 12.2. The van der Waals surface area contributed by atoms with E-state index in [0.29, 0.717) is 25.3 Å². The normalized spacial score (nSPS) is 20.8.